The van der Waals surface area contributed by atoms with E-state index < -0.39 is 30.5 Å². The Hall–Kier alpha value is -1.02. The van der Waals surface area contributed by atoms with Crippen molar-refractivity contribution < 1.29 is 27.9 Å². The average Bonchev–Trinajstić information content (AvgIpc) is 2.85. The minimum atomic E-state index is -4.56. The maximum atomic E-state index is 12.9. The first-order valence-corrected chi connectivity index (χ1v) is 7.98. The monoisotopic (exact) mass is 372 g/mol. The first-order valence-electron chi connectivity index (χ1n) is 7.98. The molecule has 0 aromatic heterocycles. The second-order valence-corrected chi connectivity index (χ2v) is 6.81. The Morgan fingerprint density at radius 2 is 1.75 bits per heavy atom. The zero-order valence-electron chi connectivity index (χ0n) is 13.5. The molecule has 5 nitrogen and oxygen atoms in total. The molecular formula is C15H24ClF3N2O3. The van der Waals surface area contributed by atoms with Crippen LogP contribution < -0.4 is 5.32 Å². The number of rotatable bonds is 4. The maximum Gasteiger partial charge on any atom is 0.393 e. The lowest BCUT2D eigenvalue weighted by molar-refractivity contribution is -0.188. The molecule has 2 rings (SSSR count). The van der Waals surface area contributed by atoms with E-state index in [-0.39, 0.29) is 37.4 Å². The van der Waals surface area contributed by atoms with Gasteiger partial charge in [-0.3, -0.25) is 14.5 Å². The molecular weight excluding hydrogens is 349 g/mol. The number of nitrogens with one attached hydrogen (secondary N) is 1. The summed E-state index contributed by atoms with van der Waals surface area (Å²) in [5, 5.41) is 11.8. The van der Waals surface area contributed by atoms with E-state index in [1.807, 2.05) is 0 Å². The van der Waals surface area contributed by atoms with E-state index >= 15 is 0 Å². The van der Waals surface area contributed by atoms with Crippen molar-refractivity contribution in [2.24, 2.45) is 17.8 Å². The van der Waals surface area contributed by atoms with Gasteiger partial charge in [0.1, 0.15) is 0 Å². The summed E-state index contributed by atoms with van der Waals surface area (Å²) in [6.45, 7) is 1.30. The van der Waals surface area contributed by atoms with Gasteiger partial charge in [0.15, 0.2) is 0 Å². The highest BCUT2D eigenvalue weighted by Gasteiger charge is 2.52. The lowest BCUT2D eigenvalue weighted by Crippen LogP contribution is -2.43. The summed E-state index contributed by atoms with van der Waals surface area (Å²) in [6.07, 6.45) is -0.725. The number of likely N-dealkylation sites (tertiary alicyclic amines) is 1. The molecule has 0 spiro atoms. The van der Waals surface area contributed by atoms with Crippen LogP contribution in [0.2, 0.25) is 0 Å². The molecule has 0 unspecified atom stereocenters. The summed E-state index contributed by atoms with van der Waals surface area (Å²) >= 11 is 0. The predicted octanol–water partition coefficient (Wildman–Crippen LogP) is 2.30. The van der Waals surface area contributed by atoms with Crippen molar-refractivity contribution in [1.29, 1.82) is 0 Å². The molecule has 1 aliphatic carbocycles. The number of carboxylic acid groups (broad SMARTS) is 1. The number of hydrogen-bond acceptors (Lipinski definition) is 3. The molecule has 9 heteroatoms. The van der Waals surface area contributed by atoms with Crippen molar-refractivity contribution in [2.45, 2.75) is 44.8 Å². The van der Waals surface area contributed by atoms with Crippen molar-refractivity contribution in [3.8, 4) is 0 Å². The lowest BCUT2D eigenvalue weighted by atomic mass is 9.87. The van der Waals surface area contributed by atoms with Crippen LogP contribution in [0, 0.1) is 17.8 Å². The smallest absolute Gasteiger partial charge is 0.393 e. The third-order valence-electron chi connectivity index (χ3n) is 4.88. The number of aliphatic carboxylic acids is 1. The van der Waals surface area contributed by atoms with Crippen molar-refractivity contribution >= 4 is 24.3 Å². The first kappa shape index (κ1) is 21.0. The Kier molecular flexibility index (Phi) is 7.34. The molecule has 0 bridgehead atoms. The summed E-state index contributed by atoms with van der Waals surface area (Å²) in [6, 6.07) is 0.0787. The molecule has 2 aliphatic rings. The van der Waals surface area contributed by atoms with Gasteiger partial charge in [0.2, 0.25) is 5.91 Å². The second-order valence-electron chi connectivity index (χ2n) is 6.81. The largest absolute Gasteiger partial charge is 0.481 e. The summed E-state index contributed by atoms with van der Waals surface area (Å²) in [5.41, 5.74) is 0. The fourth-order valence-electron chi connectivity index (χ4n) is 3.48. The molecule has 0 aromatic carbocycles. The van der Waals surface area contributed by atoms with Crippen LogP contribution in [0.3, 0.4) is 0 Å². The molecule has 1 saturated heterocycles. The van der Waals surface area contributed by atoms with Crippen LogP contribution in [-0.2, 0) is 9.59 Å². The van der Waals surface area contributed by atoms with Gasteiger partial charge in [-0.15, -0.1) is 12.4 Å². The second kappa shape index (κ2) is 8.38. The topological polar surface area (TPSA) is 69.6 Å². The van der Waals surface area contributed by atoms with E-state index in [2.05, 4.69) is 12.2 Å². The number of carbonyl (C=O) groups excluding carboxylic acids is 1. The van der Waals surface area contributed by atoms with E-state index in [0.29, 0.717) is 5.92 Å². The highest BCUT2D eigenvalue weighted by molar-refractivity contribution is 5.85. The summed E-state index contributed by atoms with van der Waals surface area (Å²) in [7, 11) is 0. The number of carbonyl (C=O) groups is 2. The fourth-order valence-corrected chi connectivity index (χ4v) is 3.48. The van der Waals surface area contributed by atoms with Crippen LogP contribution in [0.1, 0.15) is 32.6 Å². The van der Waals surface area contributed by atoms with E-state index in [0.717, 1.165) is 25.7 Å². The SMILES string of the molecule is CC1CCC(NC(=O)CN2C[C@@H](C(F)(F)F)[C@H](C(=O)O)C2)CC1.Cl. The third-order valence-corrected chi connectivity index (χ3v) is 4.88. The minimum Gasteiger partial charge on any atom is -0.481 e. The Morgan fingerprint density at radius 1 is 1.17 bits per heavy atom. The number of nitrogens with zero attached hydrogens (tertiary/aromatic N) is 1. The van der Waals surface area contributed by atoms with Gasteiger partial charge < -0.3 is 10.4 Å². The average molecular weight is 373 g/mol. The lowest BCUT2D eigenvalue weighted by Gasteiger charge is -2.27. The van der Waals surface area contributed by atoms with Gasteiger partial charge in [-0.05, 0) is 31.6 Å². The van der Waals surface area contributed by atoms with Crippen LogP contribution in [0.15, 0.2) is 0 Å². The molecule has 24 heavy (non-hydrogen) atoms. The quantitative estimate of drug-likeness (QED) is 0.794. The van der Waals surface area contributed by atoms with Crippen LogP contribution >= 0.6 is 12.4 Å². The van der Waals surface area contributed by atoms with E-state index in [4.69, 9.17) is 5.11 Å². The number of amides is 1. The molecule has 1 aliphatic heterocycles. The number of alkyl halides is 3. The number of halogens is 4. The molecule has 1 heterocycles. The molecule has 1 saturated carbocycles. The summed E-state index contributed by atoms with van der Waals surface area (Å²) < 4.78 is 38.7. The van der Waals surface area contributed by atoms with Gasteiger partial charge in [0, 0.05) is 19.1 Å². The van der Waals surface area contributed by atoms with Crippen LogP contribution in [0.25, 0.3) is 0 Å². The Bertz CT molecular complexity index is 454. The maximum absolute atomic E-state index is 12.9. The van der Waals surface area contributed by atoms with Gasteiger partial charge in [-0.25, -0.2) is 0 Å². The van der Waals surface area contributed by atoms with Crippen molar-refractivity contribution in [3.63, 3.8) is 0 Å². The molecule has 1 amide bonds. The zero-order chi connectivity index (χ0) is 17.2. The van der Waals surface area contributed by atoms with E-state index in [1.54, 1.807) is 0 Å². The van der Waals surface area contributed by atoms with Crippen molar-refractivity contribution in [1.82, 2.24) is 10.2 Å². The van der Waals surface area contributed by atoms with Crippen molar-refractivity contribution in [3.05, 3.63) is 0 Å². The molecule has 2 N–H and O–H groups in total. The van der Waals surface area contributed by atoms with Gasteiger partial charge in [0.25, 0.3) is 0 Å². The molecule has 2 fully saturated rings. The highest BCUT2D eigenvalue weighted by Crippen LogP contribution is 2.37. The Labute approximate surface area is 145 Å². The van der Waals surface area contributed by atoms with Crippen LogP contribution in [0.5, 0.6) is 0 Å². The Morgan fingerprint density at radius 3 is 2.21 bits per heavy atom. The van der Waals surface area contributed by atoms with Gasteiger partial charge >= 0.3 is 12.1 Å². The van der Waals surface area contributed by atoms with Crippen LogP contribution in [-0.4, -0.2) is 53.7 Å². The van der Waals surface area contributed by atoms with Gasteiger partial charge in [-0.2, -0.15) is 13.2 Å². The third kappa shape index (κ3) is 5.51. The van der Waals surface area contributed by atoms with Crippen LogP contribution in [0.4, 0.5) is 13.2 Å². The van der Waals surface area contributed by atoms with Gasteiger partial charge in [-0.1, -0.05) is 6.92 Å². The number of carboxylic acids is 1. The zero-order valence-corrected chi connectivity index (χ0v) is 14.3. The standard InChI is InChI=1S/C15H23F3N2O3.ClH/c1-9-2-4-10(5-3-9)19-13(21)8-20-6-11(14(22)23)12(7-20)15(16,17)18;/h9-12H,2-8H2,1H3,(H,19,21)(H,22,23);1H/t9?,10?,11-,12-;/m1./s1. The summed E-state index contributed by atoms with van der Waals surface area (Å²) in [4.78, 5) is 24.3. The first-order chi connectivity index (χ1) is 10.7. The fraction of sp³-hybridized carbons (Fsp3) is 0.867. The summed E-state index contributed by atoms with van der Waals surface area (Å²) in [5.74, 6) is -4.56. The molecule has 0 radical (unpaired) electrons. The molecule has 0 aromatic rings. The Balaban J connectivity index is 0.00000288. The van der Waals surface area contributed by atoms with Crippen molar-refractivity contribution in [2.75, 3.05) is 19.6 Å². The predicted molar refractivity (Wildman–Crippen MR) is 83.9 cm³/mol. The molecule has 2 atom stereocenters. The highest BCUT2D eigenvalue weighted by atomic mass is 35.5. The van der Waals surface area contributed by atoms with Gasteiger partial charge in [0.05, 0.1) is 18.4 Å². The normalized spacial score (nSPS) is 31.3. The minimum absolute atomic E-state index is 0. The van der Waals surface area contributed by atoms with E-state index in [9.17, 15) is 22.8 Å². The number of hydrogen-bond donors (Lipinski definition) is 2. The molecule has 140 valence electrons. The van der Waals surface area contributed by atoms with E-state index in [1.165, 1.54) is 4.90 Å².